The first-order chi connectivity index (χ1) is 44.1. The van der Waals surface area contributed by atoms with Gasteiger partial charge in [0.05, 0.1) is 60.1 Å². The van der Waals surface area contributed by atoms with E-state index in [-0.39, 0.29) is 12.5 Å². The summed E-state index contributed by atoms with van der Waals surface area (Å²) < 4.78 is 27.7. The van der Waals surface area contributed by atoms with Crippen molar-refractivity contribution < 1.29 is 68.1 Å². The Bertz CT molecular complexity index is 3870. The number of nitrogens with zero attached hydrogens (tertiary/aromatic N) is 3. The van der Waals surface area contributed by atoms with Crippen LogP contribution in [-0.2, 0) is 76.3 Å². The van der Waals surface area contributed by atoms with Crippen LogP contribution in [0.5, 0.6) is 17.2 Å². The van der Waals surface area contributed by atoms with Gasteiger partial charge < -0.3 is 29.0 Å². The molecule has 4 aliphatic carbocycles. The molecule has 4 amide bonds. The van der Waals surface area contributed by atoms with Crippen molar-refractivity contribution in [3.8, 4) is 27.8 Å². The number of nitrogens with one attached hydrogen (secondary N) is 4. The van der Waals surface area contributed by atoms with Crippen molar-refractivity contribution in [3.63, 3.8) is 0 Å². The van der Waals surface area contributed by atoms with Crippen LogP contribution >= 0.6 is 11.3 Å². The molecule has 12 rings (SSSR count). The molecule has 8 aromatic rings. The summed E-state index contributed by atoms with van der Waals surface area (Å²) in [5.41, 5.74) is 10.3. The van der Waals surface area contributed by atoms with Gasteiger partial charge in [-0.1, -0.05) is 91.0 Å². The molecule has 0 radical (unpaired) electrons. The number of esters is 2. The number of ether oxygens (including phenoxy) is 5. The molecule has 21 nitrogen and oxygen atoms in total. The summed E-state index contributed by atoms with van der Waals surface area (Å²) in [7, 11) is 1.30. The molecule has 3 aromatic heterocycles. The van der Waals surface area contributed by atoms with E-state index in [1.54, 1.807) is 71.4 Å². The van der Waals surface area contributed by atoms with Crippen molar-refractivity contribution in [3.05, 3.63) is 203 Å². The van der Waals surface area contributed by atoms with Crippen LogP contribution in [0.15, 0.2) is 163 Å². The van der Waals surface area contributed by atoms with E-state index in [1.807, 2.05) is 134 Å². The highest BCUT2D eigenvalue weighted by molar-refractivity contribution is 7.13. The molecular weight excluding hydrogens is 1180 g/mol. The van der Waals surface area contributed by atoms with Gasteiger partial charge in [-0.05, 0) is 142 Å². The fourth-order valence-corrected chi connectivity index (χ4v) is 12.3. The Morgan fingerprint density at radius 3 is 1.91 bits per heavy atom. The number of hydrogen-bond acceptors (Lipinski definition) is 18. The van der Waals surface area contributed by atoms with Crippen LogP contribution in [0.25, 0.3) is 21.5 Å². The minimum absolute atomic E-state index is 0.217. The fourth-order valence-electron chi connectivity index (χ4n) is 11.5. The van der Waals surface area contributed by atoms with E-state index < -0.39 is 63.7 Å². The van der Waals surface area contributed by atoms with Crippen LogP contribution in [0, 0.1) is 41.4 Å². The number of aromatic nitrogens is 3. The Kier molecular flexibility index (Phi) is 20.5. The molecule has 6 atom stereocenters. The average Bonchev–Trinajstić information content (AvgIpc) is 1.58. The minimum Gasteiger partial charge on any atom is -0.493 e. The summed E-state index contributed by atoms with van der Waals surface area (Å²) in [6, 6.07) is 45.9. The normalized spacial score (nSPS) is 20.5. The highest BCUT2D eigenvalue weighted by Crippen LogP contribution is 2.58. The molecule has 7 N–H and O–H groups in total. The molecule has 4 aliphatic rings. The first kappa shape index (κ1) is 64.4. The van der Waals surface area contributed by atoms with Crippen molar-refractivity contribution in [2.75, 3.05) is 20.3 Å². The van der Waals surface area contributed by atoms with Crippen molar-refractivity contribution in [2.24, 2.45) is 34.5 Å². The highest BCUT2D eigenvalue weighted by atomic mass is 32.1. The van der Waals surface area contributed by atoms with Crippen molar-refractivity contribution >= 4 is 57.8 Å². The van der Waals surface area contributed by atoms with E-state index in [1.165, 1.54) is 20.0 Å². The number of benzene rings is 5. The van der Waals surface area contributed by atoms with E-state index in [9.17, 15) is 28.8 Å². The highest BCUT2D eigenvalue weighted by Gasteiger charge is 2.66. The molecule has 91 heavy (non-hydrogen) atoms. The van der Waals surface area contributed by atoms with Gasteiger partial charge in [-0.25, -0.2) is 21.4 Å². The van der Waals surface area contributed by atoms with Gasteiger partial charge in [-0.3, -0.25) is 54.4 Å². The number of methoxy groups -OCH3 is 1. The van der Waals surface area contributed by atoms with Crippen LogP contribution in [0.2, 0.25) is 0 Å². The number of fused-ring (bicyclic) bond motifs is 1. The van der Waals surface area contributed by atoms with Crippen LogP contribution in [0.4, 0.5) is 0 Å². The maximum absolute atomic E-state index is 13.2. The Morgan fingerprint density at radius 1 is 0.626 bits per heavy atom. The van der Waals surface area contributed by atoms with Gasteiger partial charge in [-0.15, -0.1) is 11.3 Å². The predicted molar refractivity (Wildman–Crippen MR) is 333 cm³/mol. The van der Waals surface area contributed by atoms with Gasteiger partial charge in [0.25, 0.3) is 0 Å². The van der Waals surface area contributed by atoms with Gasteiger partial charge in [0.15, 0.2) is 0 Å². The zero-order valence-electron chi connectivity index (χ0n) is 50.5. The van der Waals surface area contributed by atoms with E-state index in [4.69, 9.17) is 39.3 Å². The monoisotopic (exact) mass is 1250 g/mol. The molecule has 472 valence electrons. The number of hydrogen-bond donors (Lipinski definition) is 7. The van der Waals surface area contributed by atoms with Gasteiger partial charge in [0.1, 0.15) is 40.9 Å². The standard InChI is InChI=1S/C29H28N4O4.C24H24N2O5S.C16H19NO5/c1-19-13-22(24-6-2-3-7-26(24)32-19)18-37-23-10-8-20(9-11-23)14-29(15-25(29)27(34)33-36)28(35)31-17-21-5-4-12-30-16-21;1-2-30-23(28)24(13-20(24)21(27)26-29)12-16-8-10-19(11-9-16)31-14-18-15-32-22(25-18)17-6-4-3-5-7-17;1-21-15(19)16(8-13(16)14(18)17-20)11-3-2-4-12(7-11)22-9-10-5-6-10/h2-13,16,25,36H,14-15,17-18H2,1H3,(H,31,35)(H,33,34);3-11,15,20,29H,2,12-14H2,1H3,(H,26,27);2-4,7,10,13,20H,5-6,8-9H2,1H3,(H,17,18)/t25-,29+;20-,24+;13-,16-/m110/s1. The predicted octanol–water partition coefficient (Wildman–Crippen LogP) is 9.31. The molecular formula is C69H71N7O14S. The van der Waals surface area contributed by atoms with Crippen LogP contribution in [-0.4, -0.2) is 86.5 Å². The van der Waals surface area contributed by atoms with E-state index in [0.717, 1.165) is 55.1 Å². The second kappa shape index (κ2) is 28.9. The Labute approximate surface area is 529 Å². The number of hydroxylamine groups is 3. The SMILES string of the molecule is CCOC(=O)[C@@]1(Cc2ccc(OCc3csc(-c4ccccc4)n3)cc2)C[C@@H]1C(=O)NO.COC(=O)[C@]1(c2cccc(OCC3CC3)c2)C[C@H]1C(=O)NO.Cc1cc(COc2ccc(C[C@]3(C(=O)NCc4cccnc4)C[C@@H]3C(=O)NO)cc2)c2ccccc2n1. The van der Waals surface area contributed by atoms with Crippen molar-refractivity contribution in [1.29, 1.82) is 0 Å². The maximum Gasteiger partial charge on any atom is 0.317 e. The molecule has 3 heterocycles. The molecule has 0 bridgehead atoms. The molecule has 0 aliphatic heterocycles. The average molecular weight is 1250 g/mol. The number of carbonyl (C=O) groups excluding carboxylic acids is 6. The zero-order valence-corrected chi connectivity index (χ0v) is 51.3. The molecule has 5 aromatic carbocycles. The number of rotatable bonds is 24. The smallest absolute Gasteiger partial charge is 0.317 e. The molecule has 4 saturated carbocycles. The van der Waals surface area contributed by atoms with Crippen molar-refractivity contribution in [2.45, 2.75) is 84.0 Å². The van der Waals surface area contributed by atoms with Gasteiger partial charge in [0.2, 0.25) is 23.6 Å². The van der Waals surface area contributed by atoms with Crippen LogP contribution in [0.1, 0.15) is 78.2 Å². The van der Waals surface area contributed by atoms with Crippen molar-refractivity contribution in [1.82, 2.24) is 36.7 Å². The summed E-state index contributed by atoms with van der Waals surface area (Å²) in [6.07, 6.45) is 7.52. The number of aryl methyl sites for hydroxylation is 1. The number of amides is 4. The number of pyridine rings is 2. The summed E-state index contributed by atoms with van der Waals surface area (Å²) in [5.74, 6) is -1.87. The molecule has 4 fully saturated rings. The van der Waals surface area contributed by atoms with Crippen LogP contribution in [0.3, 0.4) is 0 Å². The van der Waals surface area contributed by atoms with E-state index in [0.29, 0.717) is 87.2 Å². The Balaban J connectivity index is 0.000000155. The van der Waals surface area contributed by atoms with Crippen LogP contribution < -0.4 is 36.0 Å². The summed E-state index contributed by atoms with van der Waals surface area (Å²) in [5, 5.41) is 33.8. The summed E-state index contributed by atoms with van der Waals surface area (Å²) in [4.78, 5) is 86.8. The first-order valence-corrected chi connectivity index (χ1v) is 30.8. The molecule has 22 heteroatoms. The molecule has 0 saturated heterocycles. The van der Waals surface area contributed by atoms with Gasteiger partial charge >= 0.3 is 11.9 Å². The Morgan fingerprint density at radius 2 is 1.26 bits per heavy atom. The third-order valence-corrected chi connectivity index (χ3v) is 17.9. The molecule has 0 unspecified atom stereocenters. The zero-order chi connectivity index (χ0) is 64.1. The maximum atomic E-state index is 13.2. The third-order valence-electron chi connectivity index (χ3n) is 17.0. The van der Waals surface area contributed by atoms with Gasteiger partial charge in [-0.2, -0.15) is 0 Å². The lowest BCUT2D eigenvalue weighted by Crippen LogP contribution is -2.37. The summed E-state index contributed by atoms with van der Waals surface area (Å²) in [6.45, 7) is 5.69. The fraction of sp³-hybridized carbons (Fsp3) is 0.319. The van der Waals surface area contributed by atoms with Gasteiger partial charge in [0, 0.05) is 46.5 Å². The molecule has 0 spiro atoms. The van der Waals surface area contributed by atoms with E-state index >= 15 is 0 Å². The second-order valence-electron chi connectivity index (χ2n) is 23.2. The quantitative estimate of drug-likeness (QED) is 0.0168. The number of para-hydroxylation sites is 1. The largest absolute Gasteiger partial charge is 0.493 e. The second-order valence-corrected chi connectivity index (χ2v) is 24.0. The summed E-state index contributed by atoms with van der Waals surface area (Å²) >= 11 is 1.58. The lowest BCUT2D eigenvalue weighted by molar-refractivity contribution is -0.152. The number of carbonyl (C=O) groups is 6. The minimum atomic E-state index is -1.03. The number of thiazole rings is 1. The first-order valence-electron chi connectivity index (χ1n) is 29.9. The van der Waals surface area contributed by atoms with E-state index in [2.05, 4.69) is 20.3 Å². The lowest BCUT2D eigenvalue weighted by atomic mass is 9.92. The topological polar surface area (TPSA) is 296 Å². The Hall–Kier alpha value is -9.61. The third kappa shape index (κ3) is 15.4. The lowest BCUT2D eigenvalue weighted by Gasteiger charge is -2.18.